The van der Waals surface area contributed by atoms with E-state index in [9.17, 15) is 15.0 Å². The maximum Gasteiger partial charge on any atom is 0.274 e. The minimum atomic E-state index is -0.375. The first kappa shape index (κ1) is 31.1. The monoisotopic (exact) mass is 551 g/mol. The number of benzene rings is 2. The fourth-order valence-corrected chi connectivity index (χ4v) is 4.54. The molecule has 0 aliphatic carbocycles. The number of rotatable bonds is 6. The highest BCUT2D eigenvalue weighted by molar-refractivity contribution is 6.02. The van der Waals surface area contributed by atoms with Crippen molar-refractivity contribution in [3.05, 3.63) is 53.2 Å². The standard InChI is InChI=1S/C28H36N4O4.C3H9N/c1-6-29-27(35)25-24(19-9-7-18(8-10-19)17-32-13-11-31(5)12-14-32)26(36-30-25)20-15-21(28(2,3)4)23(34)16-22(20)33;1-3(2)4/h7-10,15-16,33-34H,6,11-14,17H2,1-5H3,(H,29,35);3H,4H2,1-2H3. The van der Waals surface area contributed by atoms with Gasteiger partial charge in [-0.3, -0.25) is 9.69 Å². The van der Waals surface area contributed by atoms with E-state index in [0.717, 1.165) is 38.3 Å². The summed E-state index contributed by atoms with van der Waals surface area (Å²) in [5.41, 5.74) is 8.37. The molecule has 0 spiro atoms. The lowest BCUT2D eigenvalue weighted by Crippen LogP contribution is -2.43. The van der Waals surface area contributed by atoms with Gasteiger partial charge in [0.2, 0.25) is 0 Å². The molecule has 0 bridgehead atoms. The predicted octanol–water partition coefficient (Wildman–Crippen LogP) is 4.57. The Morgan fingerprint density at radius 2 is 1.68 bits per heavy atom. The van der Waals surface area contributed by atoms with E-state index in [1.54, 1.807) is 6.07 Å². The SMILES string of the molecule is CC(C)N.CCNC(=O)c1noc(-c2cc(C(C)(C)C)c(O)cc2O)c1-c1ccc(CN2CCN(C)CC2)cc1. The van der Waals surface area contributed by atoms with Crippen LogP contribution in [-0.4, -0.2) is 76.9 Å². The average Bonchev–Trinajstić information content (AvgIpc) is 3.30. The maximum atomic E-state index is 12.9. The smallest absolute Gasteiger partial charge is 0.274 e. The molecule has 1 aromatic heterocycles. The molecule has 0 radical (unpaired) electrons. The van der Waals surface area contributed by atoms with Crippen molar-refractivity contribution in [3.8, 4) is 33.9 Å². The van der Waals surface area contributed by atoms with E-state index < -0.39 is 0 Å². The first-order valence-corrected chi connectivity index (χ1v) is 13.9. The average molecular weight is 552 g/mol. The van der Waals surface area contributed by atoms with Crippen LogP contribution in [0.5, 0.6) is 11.5 Å². The van der Waals surface area contributed by atoms with Crippen molar-refractivity contribution in [2.45, 2.75) is 59.5 Å². The summed E-state index contributed by atoms with van der Waals surface area (Å²) in [7, 11) is 2.14. The van der Waals surface area contributed by atoms with Crippen LogP contribution in [0.4, 0.5) is 0 Å². The van der Waals surface area contributed by atoms with Gasteiger partial charge in [0, 0.05) is 50.9 Å². The molecular weight excluding hydrogens is 506 g/mol. The van der Waals surface area contributed by atoms with Gasteiger partial charge in [-0.15, -0.1) is 0 Å². The van der Waals surface area contributed by atoms with Crippen LogP contribution in [0, 0.1) is 0 Å². The number of phenols is 2. The van der Waals surface area contributed by atoms with Crippen LogP contribution in [-0.2, 0) is 12.0 Å². The second-order valence-electron chi connectivity index (χ2n) is 11.8. The molecule has 1 aliphatic rings. The number of phenolic OH excluding ortho intramolecular Hbond substituents is 2. The summed E-state index contributed by atoms with van der Waals surface area (Å²) in [6, 6.07) is 11.4. The number of carbonyl (C=O) groups is 1. The summed E-state index contributed by atoms with van der Waals surface area (Å²) in [5, 5.41) is 28.1. The molecule has 2 heterocycles. The van der Waals surface area contributed by atoms with Crippen molar-refractivity contribution < 1.29 is 19.5 Å². The summed E-state index contributed by atoms with van der Waals surface area (Å²) in [6.45, 7) is 17.2. The second-order valence-corrected chi connectivity index (χ2v) is 11.8. The third-order valence-corrected chi connectivity index (χ3v) is 6.66. The Morgan fingerprint density at radius 3 is 2.23 bits per heavy atom. The molecule has 1 amide bonds. The number of aromatic nitrogens is 1. The van der Waals surface area contributed by atoms with Gasteiger partial charge in [0.15, 0.2) is 11.5 Å². The van der Waals surface area contributed by atoms with Crippen molar-refractivity contribution >= 4 is 5.91 Å². The van der Waals surface area contributed by atoms with E-state index in [-0.39, 0.29) is 34.3 Å². The minimum Gasteiger partial charge on any atom is -0.508 e. The predicted molar refractivity (Wildman–Crippen MR) is 160 cm³/mol. The molecule has 0 unspecified atom stereocenters. The van der Waals surface area contributed by atoms with Gasteiger partial charge in [0.25, 0.3) is 5.91 Å². The van der Waals surface area contributed by atoms with E-state index in [1.807, 2.05) is 53.7 Å². The fourth-order valence-electron chi connectivity index (χ4n) is 4.54. The summed E-state index contributed by atoms with van der Waals surface area (Å²) < 4.78 is 5.69. The molecule has 3 aromatic rings. The third kappa shape index (κ3) is 7.84. The number of amides is 1. The molecule has 0 saturated carbocycles. The number of hydrogen-bond donors (Lipinski definition) is 4. The number of hydrogen-bond acceptors (Lipinski definition) is 8. The van der Waals surface area contributed by atoms with Gasteiger partial charge in [-0.05, 0) is 42.6 Å². The van der Waals surface area contributed by atoms with Crippen LogP contribution in [0.2, 0.25) is 0 Å². The highest BCUT2D eigenvalue weighted by Gasteiger charge is 2.28. The number of likely N-dealkylation sites (N-methyl/N-ethyl adjacent to an activating group) is 1. The Bertz CT molecular complexity index is 1270. The lowest BCUT2D eigenvalue weighted by molar-refractivity contribution is 0.0947. The quantitative estimate of drug-likeness (QED) is 0.351. The van der Waals surface area contributed by atoms with Crippen molar-refractivity contribution in [2.75, 3.05) is 39.8 Å². The Kier molecular flexibility index (Phi) is 10.4. The zero-order valence-corrected chi connectivity index (χ0v) is 24.9. The number of nitrogens with one attached hydrogen (secondary N) is 1. The Hall–Kier alpha value is -3.40. The number of aromatic hydroxyl groups is 2. The number of nitrogens with zero attached hydrogens (tertiary/aromatic N) is 3. The van der Waals surface area contributed by atoms with Gasteiger partial charge in [-0.1, -0.05) is 64.0 Å². The molecule has 9 nitrogen and oxygen atoms in total. The fraction of sp³-hybridized carbons (Fsp3) is 0.484. The molecule has 0 atom stereocenters. The Morgan fingerprint density at radius 1 is 1.07 bits per heavy atom. The summed E-state index contributed by atoms with van der Waals surface area (Å²) in [4.78, 5) is 17.6. The summed E-state index contributed by atoms with van der Waals surface area (Å²) in [6.07, 6.45) is 0. The van der Waals surface area contributed by atoms with E-state index in [0.29, 0.717) is 29.3 Å². The van der Waals surface area contributed by atoms with Crippen molar-refractivity contribution in [1.82, 2.24) is 20.3 Å². The molecule has 2 aromatic carbocycles. The van der Waals surface area contributed by atoms with Crippen molar-refractivity contribution in [3.63, 3.8) is 0 Å². The molecule has 9 heteroatoms. The maximum absolute atomic E-state index is 12.9. The molecular formula is C31H45N5O4. The molecule has 5 N–H and O–H groups in total. The van der Waals surface area contributed by atoms with Gasteiger partial charge < -0.3 is 30.7 Å². The molecule has 4 rings (SSSR count). The van der Waals surface area contributed by atoms with Gasteiger partial charge in [-0.2, -0.15) is 0 Å². The van der Waals surface area contributed by atoms with E-state index >= 15 is 0 Å². The largest absolute Gasteiger partial charge is 0.508 e. The van der Waals surface area contributed by atoms with E-state index in [2.05, 4.69) is 39.5 Å². The molecule has 1 fully saturated rings. The van der Waals surface area contributed by atoms with Crippen LogP contribution >= 0.6 is 0 Å². The minimum absolute atomic E-state index is 0.00187. The van der Waals surface area contributed by atoms with Crippen LogP contribution in [0.3, 0.4) is 0 Å². The number of nitrogens with two attached hydrogens (primary N) is 1. The van der Waals surface area contributed by atoms with E-state index in [4.69, 9.17) is 10.3 Å². The molecule has 1 aliphatic heterocycles. The first-order chi connectivity index (χ1) is 18.8. The highest BCUT2D eigenvalue weighted by Crippen LogP contribution is 2.44. The van der Waals surface area contributed by atoms with Crippen LogP contribution in [0.1, 0.15) is 63.2 Å². The number of carbonyl (C=O) groups excluding carboxylic acids is 1. The van der Waals surface area contributed by atoms with Crippen LogP contribution < -0.4 is 11.1 Å². The van der Waals surface area contributed by atoms with E-state index in [1.165, 1.54) is 11.6 Å². The first-order valence-electron chi connectivity index (χ1n) is 13.9. The van der Waals surface area contributed by atoms with Gasteiger partial charge in [-0.25, -0.2) is 0 Å². The normalized spacial score (nSPS) is 14.6. The highest BCUT2D eigenvalue weighted by atomic mass is 16.5. The number of piperazine rings is 1. The van der Waals surface area contributed by atoms with Crippen molar-refractivity contribution in [1.29, 1.82) is 0 Å². The summed E-state index contributed by atoms with van der Waals surface area (Å²) in [5.74, 6) is -0.210. The second kappa shape index (κ2) is 13.3. The molecule has 218 valence electrons. The molecule has 1 saturated heterocycles. The molecule has 40 heavy (non-hydrogen) atoms. The Labute approximate surface area is 238 Å². The van der Waals surface area contributed by atoms with Crippen molar-refractivity contribution in [2.24, 2.45) is 5.73 Å². The zero-order chi connectivity index (χ0) is 29.6. The summed E-state index contributed by atoms with van der Waals surface area (Å²) >= 11 is 0. The lowest BCUT2D eigenvalue weighted by atomic mass is 9.84. The van der Waals surface area contributed by atoms with Crippen LogP contribution in [0.15, 0.2) is 40.9 Å². The zero-order valence-electron chi connectivity index (χ0n) is 24.9. The Balaban J connectivity index is 0.00000103. The lowest BCUT2D eigenvalue weighted by Gasteiger charge is -2.32. The third-order valence-electron chi connectivity index (χ3n) is 6.66. The van der Waals surface area contributed by atoms with Gasteiger partial charge in [0.05, 0.1) is 11.1 Å². The van der Waals surface area contributed by atoms with Crippen LogP contribution in [0.25, 0.3) is 22.5 Å². The topological polar surface area (TPSA) is 128 Å². The van der Waals surface area contributed by atoms with Gasteiger partial charge >= 0.3 is 0 Å². The van der Waals surface area contributed by atoms with Gasteiger partial charge in [0.1, 0.15) is 11.5 Å².